The van der Waals surface area contributed by atoms with Gasteiger partial charge in [0, 0.05) is 24.2 Å². The van der Waals surface area contributed by atoms with Crippen molar-refractivity contribution in [2.75, 3.05) is 20.3 Å². The molecule has 0 bridgehead atoms. The highest BCUT2D eigenvalue weighted by Gasteiger charge is 2.38. The van der Waals surface area contributed by atoms with Gasteiger partial charge in [0.05, 0.1) is 11.5 Å². The standard InChI is InChI=1S/C15H22BrNO3S/c1-11-4-7-14(16)10-15(11)21(18,19)17(8-9-20-3)12(2)13-5-6-13/h4,7,10,12-13H,5-6,8-9H2,1-3H3. The normalized spacial score (nSPS) is 17.2. The van der Waals surface area contributed by atoms with E-state index in [1.165, 1.54) is 0 Å². The highest BCUT2D eigenvalue weighted by molar-refractivity contribution is 9.10. The quantitative estimate of drug-likeness (QED) is 0.734. The first-order valence-corrected chi connectivity index (χ1v) is 9.38. The van der Waals surface area contributed by atoms with Crippen LogP contribution in [0.15, 0.2) is 27.6 Å². The third kappa shape index (κ3) is 3.86. The molecule has 1 aliphatic rings. The van der Waals surface area contributed by atoms with Gasteiger partial charge in [-0.1, -0.05) is 22.0 Å². The van der Waals surface area contributed by atoms with Gasteiger partial charge >= 0.3 is 0 Å². The van der Waals surface area contributed by atoms with Crippen molar-refractivity contribution < 1.29 is 13.2 Å². The second-order valence-electron chi connectivity index (χ2n) is 5.60. The van der Waals surface area contributed by atoms with Crippen LogP contribution in [0.1, 0.15) is 25.3 Å². The lowest BCUT2D eigenvalue weighted by Crippen LogP contribution is -2.42. The van der Waals surface area contributed by atoms with Gasteiger partial charge in [0.25, 0.3) is 0 Å². The zero-order chi connectivity index (χ0) is 15.6. The van der Waals surface area contributed by atoms with Crippen LogP contribution < -0.4 is 0 Å². The molecule has 1 saturated carbocycles. The van der Waals surface area contributed by atoms with E-state index in [9.17, 15) is 8.42 Å². The van der Waals surface area contributed by atoms with Crippen LogP contribution in [-0.4, -0.2) is 39.0 Å². The van der Waals surface area contributed by atoms with Crippen molar-refractivity contribution in [1.29, 1.82) is 0 Å². The summed E-state index contributed by atoms with van der Waals surface area (Å²) in [6.45, 7) is 4.62. The summed E-state index contributed by atoms with van der Waals surface area (Å²) < 4.78 is 33.5. The lowest BCUT2D eigenvalue weighted by molar-refractivity contribution is 0.164. The van der Waals surface area contributed by atoms with Crippen LogP contribution >= 0.6 is 15.9 Å². The maximum atomic E-state index is 13.0. The zero-order valence-corrected chi connectivity index (χ0v) is 15.1. The highest BCUT2D eigenvalue weighted by Crippen LogP contribution is 2.37. The van der Waals surface area contributed by atoms with Gasteiger partial charge in [0.2, 0.25) is 10.0 Å². The second kappa shape index (κ2) is 6.77. The van der Waals surface area contributed by atoms with E-state index in [0.717, 1.165) is 22.9 Å². The van der Waals surface area contributed by atoms with Gasteiger partial charge in [-0.15, -0.1) is 0 Å². The minimum atomic E-state index is -3.51. The Morgan fingerprint density at radius 3 is 2.67 bits per heavy atom. The van der Waals surface area contributed by atoms with E-state index < -0.39 is 10.0 Å². The minimum absolute atomic E-state index is 0.0172. The predicted molar refractivity (Wildman–Crippen MR) is 86.8 cm³/mol. The molecule has 1 unspecified atom stereocenters. The summed E-state index contributed by atoms with van der Waals surface area (Å²) in [5.74, 6) is 0.476. The van der Waals surface area contributed by atoms with E-state index >= 15 is 0 Å². The number of rotatable bonds is 7. The molecule has 6 heteroatoms. The van der Waals surface area contributed by atoms with Crippen molar-refractivity contribution in [3.05, 3.63) is 28.2 Å². The van der Waals surface area contributed by atoms with Crippen molar-refractivity contribution in [2.24, 2.45) is 5.92 Å². The number of ether oxygens (including phenoxy) is 1. The molecular formula is C15H22BrNO3S. The molecule has 1 atom stereocenters. The van der Waals surface area contributed by atoms with Crippen LogP contribution in [0.3, 0.4) is 0 Å². The van der Waals surface area contributed by atoms with E-state index in [2.05, 4.69) is 15.9 Å². The smallest absolute Gasteiger partial charge is 0.243 e. The Bertz CT molecular complexity index is 599. The van der Waals surface area contributed by atoms with Crippen molar-refractivity contribution >= 4 is 26.0 Å². The molecule has 21 heavy (non-hydrogen) atoms. The number of hydrogen-bond donors (Lipinski definition) is 0. The molecule has 0 spiro atoms. The lowest BCUT2D eigenvalue weighted by Gasteiger charge is -2.29. The molecule has 0 heterocycles. The van der Waals surface area contributed by atoms with Crippen LogP contribution in [-0.2, 0) is 14.8 Å². The maximum Gasteiger partial charge on any atom is 0.243 e. The lowest BCUT2D eigenvalue weighted by atomic mass is 10.2. The average Bonchev–Trinajstić information content (AvgIpc) is 3.25. The monoisotopic (exact) mass is 375 g/mol. The molecule has 1 fully saturated rings. The number of hydrogen-bond acceptors (Lipinski definition) is 3. The van der Waals surface area contributed by atoms with Crippen molar-refractivity contribution in [2.45, 2.75) is 37.6 Å². The summed E-state index contributed by atoms with van der Waals surface area (Å²) in [5, 5.41) is 0. The van der Waals surface area contributed by atoms with Crippen LogP contribution in [0, 0.1) is 12.8 Å². The fraction of sp³-hybridized carbons (Fsp3) is 0.600. The topological polar surface area (TPSA) is 46.6 Å². The van der Waals surface area contributed by atoms with E-state index in [1.54, 1.807) is 17.5 Å². The van der Waals surface area contributed by atoms with Gasteiger partial charge in [-0.3, -0.25) is 0 Å². The Morgan fingerprint density at radius 1 is 1.43 bits per heavy atom. The fourth-order valence-electron chi connectivity index (χ4n) is 2.52. The molecule has 0 aromatic heterocycles. The van der Waals surface area contributed by atoms with Crippen LogP contribution in [0.25, 0.3) is 0 Å². The first-order chi connectivity index (χ1) is 9.87. The number of sulfonamides is 1. The number of aryl methyl sites for hydroxylation is 1. The van der Waals surface area contributed by atoms with E-state index in [-0.39, 0.29) is 6.04 Å². The minimum Gasteiger partial charge on any atom is -0.383 e. The van der Waals surface area contributed by atoms with Crippen LogP contribution in [0.4, 0.5) is 0 Å². The average molecular weight is 376 g/mol. The Morgan fingerprint density at radius 2 is 2.10 bits per heavy atom. The largest absolute Gasteiger partial charge is 0.383 e. The third-order valence-electron chi connectivity index (χ3n) is 4.01. The second-order valence-corrected chi connectivity index (χ2v) is 8.37. The van der Waals surface area contributed by atoms with Gasteiger partial charge in [0.1, 0.15) is 0 Å². The molecule has 118 valence electrons. The first-order valence-electron chi connectivity index (χ1n) is 7.15. The number of benzene rings is 1. The molecule has 1 aromatic rings. The summed E-state index contributed by atoms with van der Waals surface area (Å²) >= 11 is 3.36. The molecule has 0 radical (unpaired) electrons. The van der Waals surface area contributed by atoms with Crippen molar-refractivity contribution in [3.63, 3.8) is 0 Å². The molecule has 2 rings (SSSR count). The summed E-state index contributed by atoms with van der Waals surface area (Å²) in [6, 6.07) is 5.39. The van der Waals surface area contributed by atoms with Gasteiger partial charge in [-0.2, -0.15) is 4.31 Å². The number of halogens is 1. The zero-order valence-electron chi connectivity index (χ0n) is 12.7. The molecule has 0 saturated heterocycles. The van der Waals surface area contributed by atoms with Crippen molar-refractivity contribution in [1.82, 2.24) is 4.31 Å². The van der Waals surface area contributed by atoms with Gasteiger partial charge in [0.15, 0.2) is 0 Å². The first kappa shape index (κ1) is 16.9. The summed E-state index contributed by atoms with van der Waals surface area (Å²) in [7, 11) is -1.91. The Balaban J connectivity index is 2.38. The van der Waals surface area contributed by atoms with Crippen LogP contribution in [0.2, 0.25) is 0 Å². The molecule has 1 aromatic carbocycles. The molecular weight excluding hydrogens is 354 g/mol. The van der Waals surface area contributed by atoms with E-state index in [1.807, 2.05) is 26.0 Å². The van der Waals surface area contributed by atoms with Gasteiger partial charge in [-0.25, -0.2) is 8.42 Å². The highest BCUT2D eigenvalue weighted by atomic mass is 79.9. The molecule has 4 nitrogen and oxygen atoms in total. The maximum absolute atomic E-state index is 13.0. The number of nitrogens with zero attached hydrogens (tertiary/aromatic N) is 1. The van der Waals surface area contributed by atoms with Crippen LogP contribution in [0.5, 0.6) is 0 Å². The van der Waals surface area contributed by atoms with E-state index in [4.69, 9.17) is 4.74 Å². The Kier molecular flexibility index (Phi) is 5.46. The fourth-order valence-corrected chi connectivity index (χ4v) is 4.96. The van der Waals surface area contributed by atoms with Gasteiger partial charge in [-0.05, 0) is 50.3 Å². The molecule has 0 aliphatic heterocycles. The van der Waals surface area contributed by atoms with Crippen molar-refractivity contribution in [3.8, 4) is 0 Å². The molecule has 0 N–H and O–H groups in total. The molecule has 0 amide bonds. The molecule has 1 aliphatic carbocycles. The summed E-state index contributed by atoms with van der Waals surface area (Å²) in [5.41, 5.74) is 0.767. The van der Waals surface area contributed by atoms with E-state index in [0.29, 0.717) is 24.0 Å². The predicted octanol–water partition coefficient (Wildman–Crippen LogP) is 3.19. The number of methoxy groups -OCH3 is 1. The summed E-state index contributed by atoms with van der Waals surface area (Å²) in [6.07, 6.45) is 2.22. The third-order valence-corrected chi connectivity index (χ3v) is 6.63. The Labute approximate surface area is 135 Å². The van der Waals surface area contributed by atoms with Gasteiger partial charge < -0.3 is 4.74 Å². The SMILES string of the molecule is COCCN(C(C)C1CC1)S(=O)(=O)c1cc(Br)ccc1C. The summed E-state index contributed by atoms with van der Waals surface area (Å²) in [4.78, 5) is 0.375. The Hall–Kier alpha value is -0.430.